The maximum atomic E-state index is 12.4. The molecule has 2 fully saturated rings. The van der Waals surface area contributed by atoms with E-state index in [1.165, 1.54) is 0 Å². The summed E-state index contributed by atoms with van der Waals surface area (Å²) in [6, 6.07) is 0. The quantitative estimate of drug-likeness (QED) is 0.559. The standard InChI is InChI=1S/C20H30O2/c1-6-14(2)8-10-16-15(3)9-11-17-19(4,5)12-7-13-20(16,17)18(21)22/h6,8,16-17H,1,3,7,9-13H2,2,4-5H3,(H,21,22)/t16-,17-,20+/m0/s1. The molecule has 3 atom stereocenters. The third-order valence-corrected chi connectivity index (χ3v) is 6.24. The van der Waals surface area contributed by atoms with E-state index in [9.17, 15) is 9.90 Å². The lowest BCUT2D eigenvalue weighted by molar-refractivity contribution is -0.170. The molecule has 2 aliphatic carbocycles. The van der Waals surface area contributed by atoms with Crippen LogP contribution in [0.25, 0.3) is 0 Å². The molecule has 0 radical (unpaired) electrons. The first kappa shape index (κ1) is 17.1. The molecule has 0 heterocycles. The van der Waals surface area contributed by atoms with Crippen molar-refractivity contribution in [2.24, 2.45) is 22.7 Å². The minimum absolute atomic E-state index is 0.0539. The SMILES string of the molecule is C=CC(C)=CC[C@H]1C(=C)CC[C@H]2C(C)(C)CCC[C@@]12C(=O)O. The number of carbonyl (C=O) groups is 1. The van der Waals surface area contributed by atoms with Crippen LogP contribution in [-0.4, -0.2) is 11.1 Å². The summed E-state index contributed by atoms with van der Waals surface area (Å²) in [5.74, 6) is -0.307. The monoisotopic (exact) mass is 302 g/mol. The van der Waals surface area contributed by atoms with Crippen LogP contribution in [0.3, 0.4) is 0 Å². The van der Waals surface area contributed by atoms with Crippen molar-refractivity contribution < 1.29 is 9.90 Å². The van der Waals surface area contributed by atoms with Crippen molar-refractivity contribution in [1.82, 2.24) is 0 Å². The molecule has 2 heteroatoms. The second-order valence-corrected chi connectivity index (χ2v) is 7.88. The molecule has 0 unspecified atom stereocenters. The average molecular weight is 302 g/mol. The van der Waals surface area contributed by atoms with Crippen molar-refractivity contribution in [3.8, 4) is 0 Å². The summed E-state index contributed by atoms with van der Waals surface area (Å²) in [4.78, 5) is 12.4. The first-order valence-corrected chi connectivity index (χ1v) is 8.46. The van der Waals surface area contributed by atoms with Crippen LogP contribution in [0.4, 0.5) is 0 Å². The number of allylic oxidation sites excluding steroid dienone is 4. The van der Waals surface area contributed by atoms with E-state index in [-0.39, 0.29) is 17.3 Å². The zero-order chi connectivity index (χ0) is 16.5. The molecule has 22 heavy (non-hydrogen) atoms. The highest BCUT2D eigenvalue weighted by Crippen LogP contribution is 2.62. The number of hydrogen-bond donors (Lipinski definition) is 1. The minimum atomic E-state index is -0.630. The van der Waals surface area contributed by atoms with Crippen LogP contribution in [0.1, 0.15) is 59.3 Å². The number of hydrogen-bond acceptors (Lipinski definition) is 1. The summed E-state index contributed by atoms with van der Waals surface area (Å²) in [7, 11) is 0. The number of rotatable bonds is 4. The van der Waals surface area contributed by atoms with Gasteiger partial charge in [0.2, 0.25) is 0 Å². The van der Waals surface area contributed by atoms with Crippen LogP contribution in [0.5, 0.6) is 0 Å². The zero-order valence-electron chi connectivity index (χ0n) is 14.3. The Morgan fingerprint density at radius 1 is 1.41 bits per heavy atom. The molecule has 0 aromatic heterocycles. The predicted octanol–water partition coefficient (Wildman–Crippen LogP) is 5.37. The van der Waals surface area contributed by atoms with Gasteiger partial charge in [-0.2, -0.15) is 0 Å². The Bertz CT molecular complexity index is 512. The van der Waals surface area contributed by atoms with Crippen molar-refractivity contribution in [3.63, 3.8) is 0 Å². The molecule has 2 nitrogen and oxygen atoms in total. The Morgan fingerprint density at radius 3 is 2.68 bits per heavy atom. The molecule has 0 saturated heterocycles. The Kier molecular flexibility index (Phi) is 4.70. The van der Waals surface area contributed by atoms with Gasteiger partial charge in [-0.15, -0.1) is 0 Å². The van der Waals surface area contributed by atoms with Crippen molar-refractivity contribution in [3.05, 3.63) is 36.5 Å². The van der Waals surface area contributed by atoms with Gasteiger partial charge in [0.1, 0.15) is 0 Å². The number of fused-ring (bicyclic) bond motifs is 1. The molecule has 0 aromatic carbocycles. The van der Waals surface area contributed by atoms with Gasteiger partial charge in [-0.1, -0.05) is 56.7 Å². The van der Waals surface area contributed by atoms with Gasteiger partial charge in [-0.25, -0.2) is 0 Å². The molecule has 0 spiro atoms. The molecule has 0 amide bonds. The lowest BCUT2D eigenvalue weighted by Crippen LogP contribution is -2.55. The van der Waals surface area contributed by atoms with Crippen molar-refractivity contribution in [1.29, 1.82) is 0 Å². The molecule has 1 N–H and O–H groups in total. The van der Waals surface area contributed by atoms with Crippen molar-refractivity contribution in [2.45, 2.75) is 59.3 Å². The van der Waals surface area contributed by atoms with Gasteiger partial charge < -0.3 is 5.11 Å². The van der Waals surface area contributed by atoms with Crippen molar-refractivity contribution >= 4 is 5.97 Å². The van der Waals surface area contributed by atoms with Gasteiger partial charge >= 0.3 is 5.97 Å². The van der Waals surface area contributed by atoms with E-state index in [0.717, 1.165) is 49.7 Å². The fraction of sp³-hybridized carbons (Fsp3) is 0.650. The summed E-state index contributed by atoms with van der Waals surface area (Å²) < 4.78 is 0. The Hall–Kier alpha value is -1.31. The summed E-state index contributed by atoms with van der Waals surface area (Å²) in [5, 5.41) is 10.2. The fourth-order valence-corrected chi connectivity index (χ4v) is 4.98. The van der Waals surface area contributed by atoms with Crippen LogP contribution >= 0.6 is 0 Å². The van der Waals surface area contributed by atoms with E-state index in [0.29, 0.717) is 0 Å². The van der Waals surface area contributed by atoms with Crippen LogP contribution in [-0.2, 0) is 4.79 Å². The van der Waals surface area contributed by atoms with Gasteiger partial charge in [0.25, 0.3) is 0 Å². The highest BCUT2D eigenvalue weighted by atomic mass is 16.4. The maximum Gasteiger partial charge on any atom is 0.310 e. The third-order valence-electron chi connectivity index (χ3n) is 6.24. The summed E-state index contributed by atoms with van der Waals surface area (Å²) in [6.07, 6.45) is 9.61. The maximum absolute atomic E-state index is 12.4. The fourth-order valence-electron chi connectivity index (χ4n) is 4.98. The number of carboxylic acids is 1. The molecule has 2 saturated carbocycles. The second kappa shape index (κ2) is 6.06. The first-order valence-electron chi connectivity index (χ1n) is 8.46. The van der Waals surface area contributed by atoms with E-state index in [1.807, 2.05) is 13.0 Å². The van der Waals surface area contributed by atoms with Gasteiger partial charge in [0, 0.05) is 0 Å². The van der Waals surface area contributed by atoms with E-state index < -0.39 is 11.4 Å². The Morgan fingerprint density at radius 2 is 2.09 bits per heavy atom. The molecular weight excluding hydrogens is 272 g/mol. The Balaban J connectivity index is 2.45. The van der Waals surface area contributed by atoms with Crippen molar-refractivity contribution in [2.75, 3.05) is 0 Å². The summed E-state index contributed by atoms with van der Waals surface area (Å²) in [6.45, 7) is 14.6. The van der Waals surface area contributed by atoms with E-state index in [2.05, 4.69) is 33.1 Å². The zero-order valence-corrected chi connectivity index (χ0v) is 14.3. The van der Waals surface area contributed by atoms with Crippen LogP contribution in [0.2, 0.25) is 0 Å². The molecule has 0 aliphatic heterocycles. The molecule has 0 bridgehead atoms. The van der Waals surface area contributed by atoms with Gasteiger partial charge in [-0.05, 0) is 56.3 Å². The highest BCUT2D eigenvalue weighted by molar-refractivity contribution is 5.77. The second-order valence-electron chi connectivity index (χ2n) is 7.88. The third kappa shape index (κ3) is 2.68. The lowest BCUT2D eigenvalue weighted by atomic mass is 9.46. The normalized spacial score (nSPS) is 34.9. The number of carboxylic acid groups (broad SMARTS) is 1. The van der Waals surface area contributed by atoms with Gasteiger partial charge in [0.05, 0.1) is 5.41 Å². The van der Waals surface area contributed by atoms with Crippen LogP contribution in [0.15, 0.2) is 36.5 Å². The van der Waals surface area contributed by atoms with Crippen LogP contribution in [0, 0.1) is 22.7 Å². The minimum Gasteiger partial charge on any atom is -0.481 e. The smallest absolute Gasteiger partial charge is 0.310 e. The predicted molar refractivity (Wildman–Crippen MR) is 91.6 cm³/mol. The highest BCUT2D eigenvalue weighted by Gasteiger charge is 2.59. The average Bonchev–Trinajstić information content (AvgIpc) is 2.44. The van der Waals surface area contributed by atoms with E-state index >= 15 is 0 Å². The number of aliphatic carboxylic acids is 1. The molecule has 2 rings (SSSR count). The Labute approximate surface area is 135 Å². The molecule has 122 valence electrons. The van der Waals surface area contributed by atoms with Gasteiger partial charge in [0.15, 0.2) is 0 Å². The van der Waals surface area contributed by atoms with Gasteiger partial charge in [-0.3, -0.25) is 4.79 Å². The summed E-state index contributed by atoms with van der Waals surface area (Å²) >= 11 is 0. The summed E-state index contributed by atoms with van der Waals surface area (Å²) in [5.41, 5.74) is 1.72. The molecule has 0 aromatic rings. The topological polar surface area (TPSA) is 37.3 Å². The first-order chi connectivity index (χ1) is 10.3. The molecular formula is C20H30O2. The lowest BCUT2D eigenvalue weighted by Gasteiger charge is -2.56. The van der Waals surface area contributed by atoms with E-state index in [1.54, 1.807) is 0 Å². The molecule has 2 aliphatic rings. The van der Waals surface area contributed by atoms with Crippen LogP contribution < -0.4 is 0 Å². The largest absolute Gasteiger partial charge is 0.481 e. The van der Waals surface area contributed by atoms with E-state index in [4.69, 9.17) is 0 Å².